The summed E-state index contributed by atoms with van der Waals surface area (Å²) in [7, 11) is 1.41. The second-order valence-electron chi connectivity index (χ2n) is 5.37. The molecule has 0 aromatic heterocycles. The van der Waals surface area contributed by atoms with Crippen LogP contribution in [-0.2, 0) is 9.59 Å². The van der Waals surface area contributed by atoms with E-state index < -0.39 is 11.8 Å². The van der Waals surface area contributed by atoms with Crippen molar-refractivity contribution in [1.29, 1.82) is 0 Å². The number of halogens is 1. The molecule has 1 aliphatic heterocycles. The summed E-state index contributed by atoms with van der Waals surface area (Å²) in [6.45, 7) is 0. The van der Waals surface area contributed by atoms with Crippen molar-refractivity contribution in [3.05, 3.63) is 58.6 Å². The number of thiocarbonyl (C=S) groups is 1. The summed E-state index contributed by atoms with van der Waals surface area (Å²) in [6.07, 6.45) is 1.41. The number of carbonyl (C=O) groups excluding carboxylic acids is 2. The fourth-order valence-electron chi connectivity index (χ4n) is 2.43. The molecule has 26 heavy (non-hydrogen) atoms. The van der Waals surface area contributed by atoms with E-state index in [9.17, 15) is 14.7 Å². The third-order valence-electron chi connectivity index (χ3n) is 3.70. The van der Waals surface area contributed by atoms with Crippen molar-refractivity contribution in [3.63, 3.8) is 0 Å². The number of nitrogens with one attached hydrogen (secondary N) is 1. The van der Waals surface area contributed by atoms with Gasteiger partial charge in [0.25, 0.3) is 11.8 Å². The average molecular weight is 389 g/mol. The molecule has 0 atom stereocenters. The fraction of sp³-hybridized carbons (Fsp3) is 0.0556. The molecule has 2 aromatic carbocycles. The zero-order valence-electron chi connectivity index (χ0n) is 13.5. The molecular weight excluding hydrogens is 376 g/mol. The molecule has 0 spiro atoms. The highest BCUT2D eigenvalue weighted by atomic mass is 35.5. The zero-order valence-corrected chi connectivity index (χ0v) is 15.1. The van der Waals surface area contributed by atoms with Gasteiger partial charge in [0.05, 0.1) is 12.8 Å². The maximum Gasteiger partial charge on any atom is 0.270 e. The molecule has 0 saturated carbocycles. The summed E-state index contributed by atoms with van der Waals surface area (Å²) < 4.78 is 5.04. The van der Waals surface area contributed by atoms with Crippen LogP contribution in [0.15, 0.2) is 48.0 Å². The Kier molecular flexibility index (Phi) is 4.92. The van der Waals surface area contributed by atoms with Crippen LogP contribution in [0.5, 0.6) is 11.5 Å². The van der Waals surface area contributed by atoms with Crippen molar-refractivity contribution in [2.45, 2.75) is 0 Å². The van der Waals surface area contributed by atoms with Gasteiger partial charge in [0.2, 0.25) is 0 Å². The number of amides is 2. The van der Waals surface area contributed by atoms with E-state index in [2.05, 4.69) is 5.32 Å². The van der Waals surface area contributed by atoms with Gasteiger partial charge in [0.15, 0.2) is 16.6 Å². The van der Waals surface area contributed by atoms with Crippen LogP contribution in [0.25, 0.3) is 6.08 Å². The monoisotopic (exact) mass is 388 g/mol. The number of ether oxygens (including phenoxy) is 1. The highest BCUT2D eigenvalue weighted by Gasteiger charge is 2.34. The molecule has 6 nitrogen and oxygen atoms in total. The summed E-state index contributed by atoms with van der Waals surface area (Å²) in [4.78, 5) is 26.3. The number of benzene rings is 2. The van der Waals surface area contributed by atoms with Crippen molar-refractivity contribution >= 4 is 52.5 Å². The molecule has 1 saturated heterocycles. The Morgan fingerprint density at radius 2 is 1.88 bits per heavy atom. The molecule has 0 bridgehead atoms. The molecule has 2 aromatic rings. The van der Waals surface area contributed by atoms with Gasteiger partial charge in [-0.1, -0.05) is 17.7 Å². The lowest BCUT2D eigenvalue weighted by atomic mass is 10.1. The highest BCUT2D eigenvalue weighted by Crippen LogP contribution is 2.28. The fourth-order valence-corrected chi connectivity index (χ4v) is 2.84. The van der Waals surface area contributed by atoms with E-state index in [-0.39, 0.29) is 22.2 Å². The number of anilines is 1. The van der Waals surface area contributed by atoms with Gasteiger partial charge in [-0.3, -0.25) is 19.8 Å². The highest BCUT2D eigenvalue weighted by molar-refractivity contribution is 7.80. The number of phenols is 1. The van der Waals surface area contributed by atoms with Crippen LogP contribution in [0.1, 0.15) is 5.56 Å². The Morgan fingerprint density at radius 1 is 1.19 bits per heavy atom. The minimum absolute atomic E-state index is 0.0113. The summed E-state index contributed by atoms with van der Waals surface area (Å²) in [5, 5.41) is 12.7. The zero-order chi connectivity index (χ0) is 18.8. The Morgan fingerprint density at radius 3 is 2.54 bits per heavy atom. The van der Waals surface area contributed by atoms with Gasteiger partial charge in [-0.15, -0.1) is 0 Å². The molecule has 2 amide bonds. The Balaban J connectivity index is 2.01. The SMILES string of the molecule is COc1cc(/C=C2\C(=O)NC(=S)N(c3ccc(Cl)cc3)C2=O)ccc1O. The molecule has 8 heteroatoms. The van der Waals surface area contributed by atoms with Crippen LogP contribution in [0.4, 0.5) is 5.69 Å². The summed E-state index contributed by atoms with van der Waals surface area (Å²) in [5.74, 6) is -0.975. The van der Waals surface area contributed by atoms with Gasteiger partial charge in [0.1, 0.15) is 5.57 Å². The first-order chi connectivity index (χ1) is 12.4. The number of rotatable bonds is 3. The van der Waals surface area contributed by atoms with Crippen molar-refractivity contribution in [1.82, 2.24) is 5.32 Å². The van der Waals surface area contributed by atoms with Crippen LogP contribution in [0.3, 0.4) is 0 Å². The van der Waals surface area contributed by atoms with Crippen molar-refractivity contribution in [3.8, 4) is 11.5 Å². The summed E-state index contributed by atoms with van der Waals surface area (Å²) in [6, 6.07) is 11.0. The molecular formula is C18H13ClN2O4S. The number of phenolic OH excluding ortho intramolecular Hbond substituents is 1. The van der Waals surface area contributed by atoms with Gasteiger partial charge in [-0.25, -0.2) is 0 Å². The van der Waals surface area contributed by atoms with Crippen molar-refractivity contribution < 1.29 is 19.4 Å². The average Bonchev–Trinajstić information content (AvgIpc) is 2.61. The largest absolute Gasteiger partial charge is 0.504 e. The van der Waals surface area contributed by atoms with Gasteiger partial charge in [-0.2, -0.15) is 0 Å². The topological polar surface area (TPSA) is 78.9 Å². The van der Waals surface area contributed by atoms with E-state index in [0.717, 1.165) is 0 Å². The molecule has 0 unspecified atom stereocenters. The van der Waals surface area contributed by atoms with E-state index in [0.29, 0.717) is 16.3 Å². The van der Waals surface area contributed by atoms with Crippen LogP contribution >= 0.6 is 23.8 Å². The first kappa shape index (κ1) is 17.9. The lowest BCUT2D eigenvalue weighted by molar-refractivity contribution is -0.122. The normalized spacial score (nSPS) is 16.0. The predicted molar refractivity (Wildman–Crippen MR) is 102 cm³/mol. The molecule has 0 radical (unpaired) electrons. The Bertz CT molecular complexity index is 941. The summed E-state index contributed by atoms with van der Waals surface area (Å²) in [5.41, 5.74) is 0.905. The van der Waals surface area contributed by atoms with E-state index in [1.165, 1.54) is 30.2 Å². The molecule has 1 heterocycles. The quantitative estimate of drug-likeness (QED) is 0.480. The van der Waals surface area contributed by atoms with E-state index in [1.54, 1.807) is 30.3 Å². The number of hydrogen-bond donors (Lipinski definition) is 2. The maximum atomic E-state index is 12.9. The number of aromatic hydroxyl groups is 1. The Hall–Kier alpha value is -2.90. The second kappa shape index (κ2) is 7.15. The molecule has 3 rings (SSSR count). The van der Waals surface area contributed by atoms with Crippen LogP contribution < -0.4 is 15.0 Å². The van der Waals surface area contributed by atoms with Gasteiger partial charge >= 0.3 is 0 Å². The van der Waals surface area contributed by atoms with Crippen LogP contribution in [-0.4, -0.2) is 29.1 Å². The summed E-state index contributed by atoms with van der Waals surface area (Å²) >= 11 is 11.0. The molecule has 2 N–H and O–H groups in total. The minimum atomic E-state index is -0.600. The first-order valence-electron chi connectivity index (χ1n) is 7.44. The van der Waals surface area contributed by atoms with Crippen molar-refractivity contribution in [2.24, 2.45) is 0 Å². The number of carbonyl (C=O) groups is 2. The number of nitrogens with zero attached hydrogens (tertiary/aromatic N) is 1. The first-order valence-corrected chi connectivity index (χ1v) is 8.23. The maximum absolute atomic E-state index is 12.9. The third-order valence-corrected chi connectivity index (χ3v) is 4.24. The standard InChI is InChI=1S/C18H13ClN2O4S/c1-25-15-9-10(2-7-14(15)22)8-13-16(23)20-18(26)21(17(13)24)12-5-3-11(19)4-6-12/h2-9,22H,1H3,(H,20,23,26)/b13-8+. The smallest absolute Gasteiger partial charge is 0.270 e. The van der Waals surface area contributed by atoms with Crippen molar-refractivity contribution in [2.75, 3.05) is 12.0 Å². The van der Waals surface area contributed by atoms with Crippen LogP contribution in [0.2, 0.25) is 5.02 Å². The molecule has 1 aliphatic rings. The Labute approximate surface area is 159 Å². The number of methoxy groups -OCH3 is 1. The van der Waals surface area contributed by atoms with Gasteiger partial charge < -0.3 is 9.84 Å². The minimum Gasteiger partial charge on any atom is -0.504 e. The van der Waals surface area contributed by atoms with Gasteiger partial charge in [0, 0.05) is 5.02 Å². The lowest BCUT2D eigenvalue weighted by Crippen LogP contribution is -2.54. The molecule has 0 aliphatic carbocycles. The number of hydrogen-bond acceptors (Lipinski definition) is 5. The van der Waals surface area contributed by atoms with E-state index in [4.69, 9.17) is 28.6 Å². The molecule has 1 fully saturated rings. The third kappa shape index (κ3) is 3.40. The molecule has 132 valence electrons. The lowest BCUT2D eigenvalue weighted by Gasteiger charge is -2.29. The van der Waals surface area contributed by atoms with Gasteiger partial charge in [-0.05, 0) is 60.3 Å². The van der Waals surface area contributed by atoms with E-state index >= 15 is 0 Å². The van der Waals surface area contributed by atoms with Crippen LogP contribution in [0, 0.1) is 0 Å². The van der Waals surface area contributed by atoms with E-state index in [1.807, 2.05) is 0 Å². The predicted octanol–water partition coefficient (Wildman–Crippen LogP) is 2.89. The second-order valence-corrected chi connectivity index (χ2v) is 6.19.